The molecule has 2 rings (SSSR count). The first kappa shape index (κ1) is 11.8. The normalized spacial score (nSPS) is 10.4. The van der Waals surface area contributed by atoms with E-state index in [2.05, 4.69) is 0 Å². The molecule has 2 aromatic rings. The molecule has 7 heteroatoms. The molecule has 0 unspecified atom stereocenters. The average Bonchev–Trinajstić information content (AvgIpc) is 2.86. The third-order valence-electron chi connectivity index (χ3n) is 2.26. The Morgan fingerprint density at radius 2 is 2.29 bits per heavy atom. The summed E-state index contributed by atoms with van der Waals surface area (Å²) in [5.41, 5.74) is 0.689. The minimum Gasteiger partial charge on any atom is -0.358 e. The number of hydrogen-bond acceptors (Lipinski definition) is 4. The van der Waals surface area contributed by atoms with Crippen molar-refractivity contribution in [2.75, 3.05) is 0 Å². The Kier molecular flexibility index (Phi) is 3.26. The van der Waals surface area contributed by atoms with Crippen LogP contribution >= 0.6 is 22.9 Å². The third-order valence-corrected chi connectivity index (χ3v) is 3.52. The summed E-state index contributed by atoms with van der Waals surface area (Å²) in [6.07, 6.45) is 1.60. The van der Waals surface area contributed by atoms with E-state index in [4.69, 9.17) is 11.6 Å². The fraction of sp³-hybridized carbons (Fsp3) is 0.100. The Hall–Kier alpha value is -1.66. The van der Waals surface area contributed by atoms with Crippen molar-refractivity contribution < 1.29 is 9.72 Å². The van der Waals surface area contributed by atoms with Crippen LogP contribution < -0.4 is 0 Å². The molecule has 0 N–H and O–H groups in total. The summed E-state index contributed by atoms with van der Waals surface area (Å²) in [5.74, 6) is -0.0100. The van der Waals surface area contributed by atoms with Crippen molar-refractivity contribution in [1.29, 1.82) is 0 Å². The van der Waals surface area contributed by atoms with Crippen LogP contribution in [-0.2, 0) is 6.54 Å². The van der Waals surface area contributed by atoms with E-state index in [0.29, 0.717) is 10.4 Å². The van der Waals surface area contributed by atoms with Crippen LogP contribution in [0.1, 0.15) is 15.2 Å². The molecule has 0 aromatic carbocycles. The Bertz CT molecular complexity index is 525. The monoisotopic (exact) mass is 270 g/mol. The molecule has 0 bridgehead atoms. The second-order valence-electron chi connectivity index (χ2n) is 3.30. The van der Waals surface area contributed by atoms with Gasteiger partial charge in [-0.1, -0.05) is 0 Å². The molecule has 0 spiro atoms. The van der Waals surface area contributed by atoms with E-state index in [-0.39, 0.29) is 12.4 Å². The van der Waals surface area contributed by atoms with E-state index in [0.717, 1.165) is 0 Å². The fourth-order valence-electron chi connectivity index (χ4n) is 1.52. The Balaban J connectivity index is 2.32. The summed E-state index contributed by atoms with van der Waals surface area (Å²) in [4.78, 5) is 21.8. The molecule has 0 atom stereocenters. The van der Waals surface area contributed by atoms with Gasteiger partial charge >= 0.3 is 5.82 Å². The topological polar surface area (TPSA) is 65.1 Å². The summed E-state index contributed by atoms with van der Waals surface area (Å²) in [5, 5.41) is 11.9. The maximum Gasteiger partial charge on any atom is 0.323 e. The Morgan fingerprint density at radius 1 is 1.53 bits per heavy atom. The molecule has 0 saturated carbocycles. The molecule has 88 valence electrons. The van der Waals surface area contributed by atoms with Crippen LogP contribution in [0.5, 0.6) is 0 Å². The smallest absolute Gasteiger partial charge is 0.323 e. The zero-order valence-electron chi connectivity index (χ0n) is 8.50. The predicted molar refractivity (Wildman–Crippen MR) is 64.7 cm³/mol. The largest absolute Gasteiger partial charge is 0.358 e. The van der Waals surface area contributed by atoms with Crippen LogP contribution in [0.3, 0.4) is 0 Å². The summed E-state index contributed by atoms with van der Waals surface area (Å²) < 4.78 is 1.46. The Morgan fingerprint density at radius 3 is 2.94 bits per heavy atom. The lowest BCUT2D eigenvalue weighted by Gasteiger charge is -2.01. The summed E-state index contributed by atoms with van der Waals surface area (Å²) in [6, 6.07) is 4.74. The van der Waals surface area contributed by atoms with Crippen molar-refractivity contribution in [2.45, 2.75) is 6.54 Å². The molecule has 0 radical (unpaired) electrons. The van der Waals surface area contributed by atoms with E-state index < -0.39 is 10.2 Å². The molecule has 0 aliphatic rings. The Labute approximate surface area is 105 Å². The highest BCUT2D eigenvalue weighted by atomic mass is 35.5. The number of rotatable bonds is 4. The van der Waals surface area contributed by atoms with Crippen LogP contribution in [0.4, 0.5) is 5.82 Å². The van der Waals surface area contributed by atoms with E-state index >= 15 is 0 Å². The van der Waals surface area contributed by atoms with Gasteiger partial charge in [0, 0.05) is 11.6 Å². The minimum atomic E-state index is -0.537. The zero-order chi connectivity index (χ0) is 12.4. The molecular weight excluding hydrogens is 264 g/mol. The van der Waals surface area contributed by atoms with Gasteiger partial charge < -0.3 is 10.1 Å². The van der Waals surface area contributed by atoms with Crippen LogP contribution in [0.2, 0.25) is 0 Å². The average molecular weight is 271 g/mol. The van der Waals surface area contributed by atoms with Crippen molar-refractivity contribution >= 4 is 34.0 Å². The molecule has 0 fully saturated rings. The van der Waals surface area contributed by atoms with Gasteiger partial charge in [-0.15, -0.1) is 11.3 Å². The maximum absolute atomic E-state index is 11.1. The summed E-state index contributed by atoms with van der Waals surface area (Å²) in [7, 11) is 0. The van der Waals surface area contributed by atoms with Gasteiger partial charge in [0.15, 0.2) is 0 Å². The number of carbonyl (C=O) groups is 1. The summed E-state index contributed by atoms with van der Waals surface area (Å²) in [6.45, 7) is 0.264. The second kappa shape index (κ2) is 4.68. The number of hydrogen-bond donors (Lipinski definition) is 0. The highest BCUT2D eigenvalue weighted by molar-refractivity contribution is 7.14. The zero-order valence-corrected chi connectivity index (χ0v) is 10.1. The van der Waals surface area contributed by atoms with Crippen molar-refractivity contribution in [1.82, 2.24) is 4.57 Å². The molecule has 0 amide bonds. The van der Waals surface area contributed by atoms with Crippen LogP contribution in [0, 0.1) is 10.1 Å². The van der Waals surface area contributed by atoms with E-state index in [9.17, 15) is 14.9 Å². The fourth-order valence-corrected chi connectivity index (χ4v) is 2.52. The summed E-state index contributed by atoms with van der Waals surface area (Å²) >= 11 is 6.65. The van der Waals surface area contributed by atoms with Gasteiger partial charge in [-0.25, -0.2) is 4.57 Å². The predicted octanol–water partition coefficient (Wildman–Crippen LogP) is 2.89. The second-order valence-corrected chi connectivity index (χ2v) is 4.56. The first-order valence-corrected chi connectivity index (χ1v) is 5.91. The molecular formula is C10H7ClN2O3S. The number of halogens is 1. The standard InChI is InChI=1S/C10H7ClN2O3S/c11-10(14)9-7(3-5-17-9)6-12-4-1-2-8(12)13(15)16/h1-5H,6H2. The van der Waals surface area contributed by atoms with Crippen LogP contribution in [-0.4, -0.2) is 14.7 Å². The molecule has 5 nitrogen and oxygen atoms in total. The lowest BCUT2D eigenvalue weighted by molar-refractivity contribution is -0.391. The molecule has 2 heterocycles. The quantitative estimate of drug-likeness (QED) is 0.487. The van der Waals surface area contributed by atoms with Crippen molar-refractivity contribution in [3.8, 4) is 0 Å². The maximum atomic E-state index is 11.1. The van der Waals surface area contributed by atoms with Crippen molar-refractivity contribution in [3.05, 3.63) is 50.3 Å². The molecule has 0 saturated heterocycles. The number of thiophene rings is 1. The third kappa shape index (κ3) is 2.37. The first-order valence-electron chi connectivity index (χ1n) is 4.65. The lowest BCUT2D eigenvalue weighted by Crippen LogP contribution is -2.04. The van der Waals surface area contributed by atoms with Gasteiger partial charge in [0.2, 0.25) is 0 Å². The van der Waals surface area contributed by atoms with Gasteiger partial charge in [0.25, 0.3) is 5.24 Å². The minimum absolute atomic E-state index is 0.0100. The molecule has 0 aliphatic heterocycles. The van der Waals surface area contributed by atoms with Crippen molar-refractivity contribution in [2.24, 2.45) is 0 Å². The SMILES string of the molecule is O=C(Cl)c1sccc1Cn1cccc1[N+](=O)[O-]. The molecule has 2 aromatic heterocycles. The number of nitrogens with zero attached hydrogens (tertiary/aromatic N) is 2. The van der Waals surface area contributed by atoms with E-state index in [1.807, 2.05) is 0 Å². The number of carbonyl (C=O) groups excluding carboxylic acids is 1. The first-order chi connectivity index (χ1) is 8.09. The molecule has 0 aliphatic carbocycles. The van der Waals surface area contributed by atoms with Gasteiger partial charge in [-0.2, -0.15) is 0 Å². The molecule has 17 heavy (non-hydrogen) atoms. The van der Waals surface area contributed by atoms with Crippen LogP contribution in [0.15, 0.2) is 29.8 Å². The van der Waals surface area contributed by atoms with E-state index in [1.165, 1.54) is 22.0 Å². The number of aromatic nitrogens is 1. The van der Waals surface area contributed by atoms with Gasteiger partial charge in [0.1, 0.15) is 6.54 Å². The highest BCUT2D eigenvalue weighted by Gasteiger charge is 2.16. The number of nitro groups is 1. The van der Waals surface area contributed by atoms with Crippen LogP contribution in [0.25, 0.3) is 0 Å². The van der Waals surface area contributed by atoms with Gasteiger partial charge in [-0.3, -0.25) is 4.79 Å². The van der Waals surface area contributed by atoms with Gasteiger partial charge in [-0.05, 0) is 34.0 Å². The van der Waals surface area contributed by atoms with Gasteiger partial charge in [0.05, 0.1) is 11.1 Å². The highest BCUT2D eigenvalue weighted by Crippen LogP contribution is 2.22. The van der Waals surface area contributed by atoms with E-state index in [1.54, 1.807) is 23.7 Å². The lowest BCUT2D eigenvalue weighted by atomic mass is 10.2. The van der Waals surface area contributed by atoms with Crippen molar-refractivity contribution in [3.63, 3.8) is 0 Å².